The minimum absolute atomic E-state index is 0.0413. The summed E-state index contributed by atoms with van der Waals surface area (Å²) in [7, 11) is 1.47. The lowest BCUT2D eigenvalue weighted by Crippen LogP contribution is -2.28. The van der Waals surface area contributed by atoms with Crippen LogP contribution in [0.15, 0.2) is 18.2 Å². The van der Waals surface area contributed by atoms with Crippen LogP contribution in [0, 0.1) is 16.7 Å². The minimum Gasteiger partial charge on any atom is -0.493 e. The van der Waals surface area contributed by atoms with E-state index in [1.807, 2.05) is 0 Å². The van der Waals surface area contributed by atoms with Crippen molar-refractivity contribution in [1.29, 1.82) is 0 Å². The van der Waals surface area contributed by atoms with Crippen LogP contribution in [-0.2, 0) is 9.53 Å². The van der Waals surface area contributed by atoms with Crippen LogP contribution >= 0.6 is 0 Å². The van der Waals surface area contributed by atoms with Crippen LogP contribution in [0.5, 0.6) is 11.5 Å². The summed E-state index contributed by atoms with van der Waals surface area (Å²) in [4.78, 5) is 23.7. The number of methoxy groups -OCH3 is 1. The summed E-state index contributed by atoms with van der Waals surface area (Å²) in [5.41, 5.74) is 0.826. The Morgan fingerprint density at radius 2 is 1.88 bits per heavy atom. The molecule has 2 aliphatic carbocycles. The molecule has 2 saturated carbocycles. The zero-order chi connectivity index (χ0) is 18.4. The molecule has 0 spiro atoms. The van der Waals surface area contributed by atoms with E-state index in [1.54, 1.807) is 18.2 Å². The van der Waals surface area contributed by atoms with Gasteiger partial charge in [-0.25, -0.2) is 4.79 Å². The van der Waals surface area contributed by atoms with Gasteiger partial charge < -0.3 is 14.2 Å². The van der Waals surface area contributed by atoms with Crippen molar-refractivity contribution in [1.82, 2.24) is 0 Å². The normalized spacial score (nSPS) is 29.3. The molecule has 3 atom stereocenters. The number of ether oxygens (including phenoxy) is 3. The molecule has 0 heterocycles. The summed E-state index contributed by atoms with van der Waals surface area (Å²) >= 11 is 0. The summed E-state index contributed by atoms with van der Waals surface area (Å²) in [5, 5.41) is 0. The molecule has 3 rings (SSSR count). The Kier molecular flexibility index (Phi) is 4.30. The van der Waals surface area contributed by atoms with E-state index in [4.69, 9.17) is 14.2 Å². The number of benzene rings is 1. The molecule has 1 aromatic carbocycles. The van der Waals surface area contributed by atoms with Crippen molar-refractivity contribution >= 4 is 11.9 Å². The van der Waals surface area contributed by atoms with Crippen molar-refractivity contribution in [2.75, 3.05) is 7.11 Å². The Bertz CT molecular complexity index is 705. The SMILES string of the molecule is COc1cc(C(=O)O[C@H]2C[C@@]3(C)CC[C@H]2C3(C)C)ccc1OC(C)=O. The predicted octanol–water partition coefficient (Wildman–Crippen LogP) is 3.99. The predicted molar refractivity (Wildman–Crippen MR) is 92.7 cm³/mol. The van der Waals surface area contributed by atoms with Gasteiger partial charge in [0.25, 0.3) is 0 Å². The lowest BCUT2D eigenvalue weighted by molar-refractivity contribution is -0.132. The number of hydrogen-bond donors (Lipinski definition) is 0. The lowest BCUT2D eigenvalue weighted by Gasteiger charge is -2.33. The summed E-state index contributed by atoms with van der Waals surface area (Å²) in [6.07, 6.45) is 3.18. The molecular weight excluding hydrogens is 320 g/mol. The maximum absolute atomic E-state index is 12.6. The number of esters is 2. The molecule has 0 saturated heterocycles. The van der Waals surface area contributed by atoms with Crippen molar-refractivity contribution in [3.8, 4) is 11.5 Å². The second-order valence-corrected chi connectivity index (χ2v) is 8.03. The minimum atomic E-state index is -0.439. The third-order valence-electron chi connectivity index (χ3n) is 6.50. The zero-order valence-electron chi connectivity index (χ0n) is 15.5. The van der Waals surface area contributed by atoms with Crippen LogP contribution in [0.3, 0.4) is 0 Å². The summed E-state index contributed by atoms with van der Waals surface area (Å²) in [6, 6.07) is 4.72. The van der Waals surface area contributed by atoms with Crippen LogP contribution in [0.2, 0.25) is 0 Å². The molecule has 0 aromatic heterocycles. The molecule has 136 valence electrons. The van der Waals surface area contributed by atoms with Crippen molar-refractivity contribution in [2.45, 2.75) is 53.1 Å². The standard InChI is InChI=1S/C20H26O5/c1-12(21)24-15-7-6-13(10-16(15)23-5)18(22)25-17-11-20(4)9-8-14(17)19(20,2)3/h6-7,10,14,17H,8-9,11H2,1-5H3/t14-,17+,20-/m1/s1. The van der Waals surface area contributed by atoms with E-state index in [0.717, 1.165) is 12.8 Å². The summed E-state index contributed by atoms with van der Waals surface area (Å²) in [5.74, 6) is 0.240. The van der Waals surface area contributed by atoms with Crippen LogP contribution in [0.4, 0.5) is 0 Å². The summed E-state index contributed by atoms with van der Waals surface area (Å²) in [6.45, 7) is 8.20. The molecule has 0 amide bonds. The van der Waals surface area contributed by atoms with E-state index in [9.17, 15) is 9.59 Å². The number of rotatable bonds is 4. The number of carbonyl (C=O) groups is 2. The van der Waals surface area contributed by atoms with Crippen molar-refractivity contribution in [2.24, 2.45) is 16.7 Å². The molecule has 25 heavy (non-hydrogen) atoms. The first kappa shape index (κ1) is 17.8. The van der Waals surface area contributed by atoms with Gasteiger partial charge in [0.05, 0.1) is 12.7 Å². The van der Waals surface area contributed by atoms with E-state index in [0.29, 0.717) is 23.0 Å². The maximum atomic E-state index is 12.6. The Labute approximate surface area is 148 Å². The van der Waals surface area contributed by atoms with Gasteiger partial charge in [0.15, 0.2) is 11.5 Å². The zero-order valence-corrected chi connectivity index (χ0v) is 15.5. The molecule has 1 aromatic rings. The molecule has 0 radical (unpaired) electrons. The average Bonchev–Trinajstić information content (AvgIpc) is 2.87. The highest BCUT2D eigenvalue weighted by atomic mass is 16.6. The van der Waals surface area contributed by atoms with Gasteiger partial charge in [-0.05, 0) is 48.3 Å². The van der Waals surface area contributed by atoms with Crippen LogP contribution in [0.1, 0.15) is 57.3 Å². The molecule has 2 aliphatic rings. The molecule has 0 N–H and O–H groups in total. The molecule has 0 unspecified atom stereocenters. The van der Waals surface area contributed by atoms with Crippen molar-refractivity contribution < 1.29 is 23.8 Å². The van der Waals surface area contributed by atoms with Crippen LogP contribution in [0.25, 0.3) is 0 Å². The van der Waals surface area contributed by atoms with Gasteiger partial charge in [0.1, 0.15) is 6.10 Å². The Balaban J connectivity index is 1.75. The quantitative estimate of drug-likeness (QED) is 0.609. The Hall–Kier alpha value is -2.04. The van der Waals surface area contributed by atoms with Crippen LogP contribution < -0.4 is 9.47 Å². The second kappa shape index (κ2) is 6.04. The number of fused-ring (bicyclic) bond motifs is 2. The van der Waals surface area contributed by atoms with Gasteiger partial charge in [-0.3, -0.25) is 4.79 Å². The topological polar surface area (TPSA) is 61.8 Å². The lowest BCUT2D eigenvalue weighted by atomic mass is 9.71. The van der Waals surface area contributed by atoms with Gasteiger partial charge in [-0.15, -0.1) is 0 Å². The largest absolute Gasteiger partial charge is 0.493 e. The molecule has 0 aliphatic heterocycles. The fraction of sp³-hybridized carbons (Fsp3) is 0.600. The van der Waals surface area contributed by atoms with Crippen LogP contribution in [-0.4, -0.2) is 25.2 Å². The average molecular weight is 346 g/mol. The Morgan fingerprint density at radius 1 is 1.16 bits per heavy atom. The van der Waals surface area contributed by atoms with E-state index in [1.165, 1.54) is 20.5 Å². The van der Waals surface area contributed by atoms with Gasteiger partial charge in [0.2, 0.25) is 0 Å². The third kappa shape index (κ3) is 2.90. The highest BCUT2D eigenvalue weighted by Crippen LogP contribution is 2.66. The van der Waals surface area contributed by atoms with E-state index in [-0.39, 0.29) is 22.9 Å². The highest BCUT2D eigenvalue weighted by molar-refractivity contribution is 5.90. The number of hydrogen-bond acceptors (Lipinski definition) is 5. The molecule has 5 heteroatoms. The fourth-order valence-electron chi connectivity index (χ4n) is 4.57. The molecular formula is C20H26O5. The number of carbonyl (C=O) groups excluding carboxylic acids is 2. The van der Waals surface area contributed by atoms with Crippen molar-refractivity contribution in [3.05, 3.63) is 23.8 Å². The van der Waals surface area contributed by atoms with Gasteiger partial charge in [0, 0.05) is 12.8 Å². The first-order chi connectivity index (χ1) is 11.7. The highest BCUT2D eigenvalue weighted by Gasteiger charge is 2.61. The van der Waals surface area contributed by atoms with E-state index in [2.05, 4.69) is 20.8 Å². The van der Waals surface area contributed by atoms with E-state index >= 15 is 0 Å². The fourth-order valence-corrected chi connectivity index (χ4v) is 4.57. The Morgan fingerprint density at radius 3 is 2.40 bits per heavy atom. The maximum Gasteiger partial charge on any atom is 0.338 e. The summed E-state index contributed by atoms with van der Waals surface area (Å²) < 4.78 is 16.1. The van der Waals surface area contributed by atoms with Gasteiger partial charge >= 0.3 is 11.9 Å². The monoisotopic (exact) mass is 346 g/mol. The smallest absolute Gasteiger partial charge is 0.338 e. The molecule has 2 bridgehead atoms. The first-order valence-corrected chi connectivity index (χ1v) is 8.75. The second-order valence-electron chi connectivity index (χ2n) is 8.03. The van der Waals surface area contributed by atoms with E-state index < -0.39 is 5.97 Å². The first-order valence-electron chi connectivity index (χ1n) is 8.75. The third-order valence-corrected chi connectivity index (χ3v) is 6.50. The van der Waals surface area contributed by atoms with Gasteiger partial charge in [-0.2, -0.15) is 0 Å². The molecule has 5 nitrogen and oxygen atoms in total. The van der Waals surface area contributed by atoms with Crippen molar-refractivity contribution in [3.63, 3.8) is 0 Å². The molecule has 2 fully saturated rings. The van der Waals surface area contributed by atoms with Gasteiger partial charge in [-0.1, -0.05) is 20.8 Å².